The van der Waals surface area contributed by atoms with Gasteiger partial charge in [-0.25, -0.2) is 0 Å². The topological polar surface area (TPSA) is 8.17 Å². The number of benzene rings is 9. The molecule has 0 aliphatic heterocycles. The molecule has 0 atom stereocenters. The number of anilines is 3. The Morgan fingerprint density at radius 1 is 0.396 bits per heavy atom. The fourth-order valence-electron chi connectivity index (χ4n) is 8.29. The van der Waals surface area contributed by atoms with Gasteiger partial charge in [-0.1, -0.05) is 127 Å². The zero-order chi connectivity index (χ0) is 34.9. The van der Waals surface area contributed by atoms with E-state index in [0.717, 1.165) is 17.1 Å². The van der Waals surface area contributed by atoms with Gasteiger partial charge in [0.2, 0.25) is 0 Å². The van der Waals surface area contributed by atoms with Crippen molar-refractivity contribution in [2.24, 2.45) is 0 Å². The Morgan fingerprint density at radius 3 is 1.96 bits per heavy atom. The van der Waals surface area contributed by atoms with Crippen LogP contribution in [0.4, 0.5) is 17.1 Å². The molecule has 0 radical (unpaired) electrons. The van der Waals surface area contributed by atoms with Gasteiger partial charge in [0.1, 0.15) is 0 Å². The molecule has 0 aliphatic rings. The number of aromatic nitrogens is 1. The van der Waals surface area contributed by atoms with Gasteiger partial charge >= 0.3 is 0 Å². The average Bonchev–Trinajstić information content (AvgIpc) is 3.78. The molecule has 0 fully saturated rings. The van der Waals surface area contributed by atoms with Crippen molar-refractivity contribution < 1.29 is 0 Å². The SMILES string of the molecule is c1ccc(-n2c3ccccc3c3ccc4ccc(N(c5ccc(-c6ccc7ccccc7c6)cc5)c5cccc6sc7ccccc7c56)cc4c32)cc1. The summed E-state index contributed by atoms with van der Waals surface area (Å²) in [6.07, 6.45) is 0. The van der Waals surface area contributed by atoms with Crippen molar-refractivity contribution >= 4 is 91.9 Å². The summed E-state index contributed by atoms with van der Waals surface area (Å²) in [6, 6.07) is 71.0. The molecule has 3 heteroatoms. The number of rotatable bonds is 5. The molecule has 53 heavy (non-hydrogen) atoms. The first-order valence-electron chi connectivity index (χ1n) is 18.1. The Kier molecular flexibility index (Phi) is 6.76. The van der Waals surface area contributed by atoms with Crippen LogP contribution in [-0.4, -0.2) is 4.57 Å². The summed E-state index contributed by atoms with van der Waals surface area (Å²) in [7, 11) is 0. The van der Waals surface area contributed by atoms with Gasteiger partial charge in [0, 0.05) is 53.4 Å². The Bertz CT molecular complexity index is 3170. The molecule has 0 saturated heterocycles. The van der Waals surface area contributed by atoms with Gasteiger partial charge in [0.25, 0.3) is 0 Å². The summed E-state index contributed by atoms with van der Waals surface area (Å²) in [5, 5.41) is 10.0. The summed E-state index contributed by atoms with van der Waals surface area (Å²) in [5.41, 5.74) is 9.43. The minimum absolute atomic E-state index is 1.12. The summed E-state index contributed by atoms with van der Waals surface area (Å²) < 4.78 is 5.02. The van der Waals surface area contributed by atoms with E-state index in [4.69, 9.17) is 0 Å². The summed E-state index contributed by atoms with van der Waals surface area (Å²) in [4.78, 5) is 2.46. The Labute approximate surface area is 311 Å². The fraction of sp³-hybridized carbons (Fsp3) is 0. The number of para-hydroxylation sites is 2. The summed E-state index contributed by atoms with van der Waals surface area (Å²) in [6.45, 7) is 0. The summed E-state index contributed by atoms with van der Waals surface area (Å²) >= 11 is 1.86. The van der Waals surface area contributed by atoms with Crippen LogP contribution >= 0.6 is 11.3 Å². The highest BCUT2D eigenvalue weighted by Gasteiger charge is 2.21. The Balaban J connectivity index is 1.17. The van der Waals surface area contributed by atoms with E-state index in [1.165, 1.54) is 80.3 Å². The first-order valence-corrected chi connectivity index (χ1v) is 18.9. The quantitative estimate of drug-likeness (QED) is 0.174. The molecular formula is C50H32N2S. The van der Waals surface area contributed by atoms with Gasteiger partial charge < -0.3 is 9.47 Å². The van der Waals surface area contributed by atoms with Crippen molar-refractivity contribution in [1.82, 2.24) is 4.57 Å². The smallest absolute Gasteiger partial charge is 0.0620 e. The molecule has 11 aromatic rings. The highest BCUT2D eigenvalue weighted by Crippen LogP contribution is 2.46. The highest BCUT2D eigenvalue weighted by atomic mass is 32.1. The maximum Gasteiger partial charge on any atom is 0.0620 e. The Morgan fingerprint density at radius 2 is 1.08 bits per heavy atom. The van der Waals surface area contributed by atoms with Gasteiger partial charge in [-0.3, -0.25) is 0 Å². The van der Waals surface area contributed by atoms with Crippen LogP contribution < -0.4 is 4.90 Å². The molecule has 0 N–H and O–H groups in total. The van der Waals surface area contributed by atoms with Crippen LogP contribution in [0.3, 0.4) is 0 Å². The van der Waals surface area contributed by atoms with Crippen LogP contribution in [0.1, 0.15) is 0 Å². The first-order chi connectivity index (χ1) is 26.3. The largest absolute Gasteiger partial charge is 0.310 e. The number of fused-ring (bicyclic) bond motifs is 9. The highest BCUT2D eigenvalue weighted by molar-refractivity contribution is 7.26. The lowest BCUT2D eigenvalue weighted by Crippen LogP contribution is -2.10. The standard InChI is InChI=1S/C50H32N2S/c1-2-13-38(14-3-1)52-45-17-8-6-15-41(45)42-30-26-35-25-29-40(32-44(35)50(42)52)51(46-18-10-20-48-49(46)43-16-7-9-19-47(43)53-48)39-27-23-34(24-28-39)37-22-21-33-11-4-5-12-36(33)31-37/h1-32H. The summed E-state index contributed by atoms with van der Waals surface area (Å²) in [5.74, 6) is 0. The molecule has 248 valence electrons. The van der Waals surface area contributed by atoms with E-state index >= 15 is 0 Å². The van der Waals surface area contributed by atoms with Crippen molar-refractivity contribution in [2.75, 3.05) is 4.90 Å². The first kappa shape index (κ1) is 30.0. The number of hydrogen-bond donors (Lipinski definition) is 0. The van der Waals surface area contributed by atoms with Gasteiger partial charge in [-0.2, -0.15) is 0 Å². The third-order valence-corrected chi connectivity index (χ3v) is 11.9. The molecule has 0 spiro atoms. The van der Waals surface area contributed by atoms with Crippen molar-refractivity contribution in [1.29, 1.82) is 0 Å². The molecular weight excluding hydrogens is 661 g/mol. The second-order valence-corrected chi connectivity index (χ2v) is 14.8. The molecule has 2 heterocycles. The van der Waals surface area contributed by atoms with Crippen molar-refractivity contribution in [3.05, 3.63) is 194 Å². The van der Waals surface area contributed by atoms with E-state index in [0.29, 0.717) is 0 Å². The molecule has 9 aromatic carbocycles. The Hall–Kier alpha value is -6.68. The lowest BCUT2D eigenvalue weighted by atomic mass is 10.0. The molecule has 0 amide bonds. The minimum atomic E-state index is 1.12. The van der Waals surface area contributed by atoms with E-state index in [9.17, 15) is 0 Å². The van der Waals surface area contributed by atoms with Crippen molar-refractivity contribution in [2.45, 2.75) is 0 Å². The molecule has 11 rings (SSSR count). The van der Waals surface area contributed by atoms with Gasteiger partial charge in [0.05, 0.1) is 16.7 Å². The zero-order valence-electron chi connectivity index (χ0n) is 28.8. The lowest BCUT2D eigenvalue weighted by Gasteiger charge is -2.27. The van der Waals surface area contributed by atoms with E-state index in [2.05, 4.69) is 204 Å². The van der Waals surface area contributed by atoms with Crippen molar-refractivity contribution in [3.8, 4) is 16.8 Å². The maximum absolute atomic E-state index is 2.46. The predicted octanol–water partition coefficient (Wildman–Crippen LogP) is 14.6. The predicted molar refractivity (Wildman–Crippen MR) is 229 cm³/mol. The van der Waals surface area contributed by atoms with Crippen molar-refractivity contribution in [3.63, 3.8) is 0 Å². The molecule has 0 bridgehead atoms. The number of nitrogens with zero attached hydrogens (tertiary/aromatic N) is 2. The van der Waals surface area contributed by atoms with Crippen LogP contribution in [-0.2, 0) is 0 Å². The normalized spacial score (nSPS) is 11.8. The third kappa shape index (κ3) is 4.78. The van der Waals surface area contributed by atoms with E-state index in [1.54, 1.807) is 0 Å². The van der Waals surface area contributed by atoms with Crippen LogP contribution in [0, 0.1) is 0 Å². The fourth-order valence-corrected chi connectivity index (χ4v) is 9.42. The van der Waals surface area contributed by atoms with Crippen LogP contribution in [0.25, 0.3) is 80.3 Å². The van der Waals surface area contributed by atoms with E-state index < -0.39 is 0 Å². The molecule has 0 aliphatic carbocycles. The number of hydrogen-bond acceptors (Lipinski definition) is 2. The van der Waals surface area contributed by atoms with Crippen LogP contribution in [0.5, 0.6) is 0 Å². The maximum atomic E-state index is 2.46. The second-order valence-electron chi connectivity index (χ2n) is 13.7. The average molecular weight is 693 g/mol. The minimum Gasteiger partial charge on any atom is -0.310 e. The third-order valence-electron chi connectivity index (χ3n) is 10.7. The van der Waals surface area contributed by atoms with Crippen LogP contribution in [0.2, 0.25) is 0 Å². The number of thiophene rings is 1. The van der Waals surface area contributed by atoms with Gasteiger partial charge in [0.15, 0.2) is 0 Å². The lowest BCUT2D eigenvalue weighted by molar-refractivity contribution is 1.19. The molecule has 0 unspecified atom stereocenters. The van der Waals surface area contributed by atoms with E-state index in [-0.39, 0.29) is 0 Å². The zero-order valence-corrected chi connectivity index (χ0v) is 29.6. The molecule has 2 aromatic heterocycles. The monoisotopic (exact) mass is 692 g/mol. The van der Waals surface area contributed by atoms with Gasteiger partial charge in [-0.15, -0.1) is 11.3 Å². The second kappa shape index (κ2) is 11.9. The molecule has 2 nitrogen and oxygen atoms in total. The molecule has 0 saturated carbocycles. The van der Waals surface area contributed by atoms with Gasteiger partial charge in [-0.05, 0) is 94.0 Å². The van der Waals surface area contributed by atoms with Crippen LogP contribution in [0.15, 0.2) is 194 Å². The van der Waals surface area contributed by atoms with E-state index in [1.807, 2.05) is 11.3 Å².